The van der Waals surface area contributed by atoms with E-state index in [1.54, 1.807) is 12.8 Å². The van der Waals surface area contributed by atoms with E-state index in [2.05, 4.69) is 10.2 Å². The second-order valence-electron chi connectivity index (χ2n) is 6.42. The molecule has 1 N–H and O–H groups in total. The molecule has 3 rings (SSSR count). The molecule has 3 atom stereocenters. The van der Waals surface area contributed by atoms with Crippen molar-refractivity contribution in [3.63, 3.8) is 0 Å². The summed E-state index contributed by atoms with van der Waals surface area (Å²) in [7, 11) is 0. The zero-order valence-corrected chi connectivity index (χ0v) is 11.2. The zero-order chi connectivity index (χ0) is 11.5. The van der Waals surface area contributed by atoms with E-state index < -0.39 is 0 Å². The summed E-state index contributed by atoms with van der Waals surface area (Å²) in [6.07, 6.45) is 12.1. The minimum atomic E-state index is 0.921. The molecule has 3 aliphatic rings. The lowest BCUT2D eigenvalue weighted by Crippen LogP contribution is -2.48. The first-order valence-electron chi connectivity index (χ1n) is 7.88. The van der Waals surface area contributed by atoms with Crippen molar-refractivity contribution in [2.24, 2.45) is 11.8 Å². The molecule has 1 heterocycles. The van der Waals surface area contributed by atoms with E-state index in [0.717, 1.165) is 17.9 Å². The predicted octanol–water partition coefficient (Wildman–Crippen LogP) is 2.64. The summed E-state index contributed by atoms with van der Waals surface area (Å²) in [6.45, 7) is 5.01. The lowest BCUT2D eigenvalue weighted by atomic mass is 9.96. The van der Waals surface area contributed by atoms with Crippen molar-refractivity contribution in [2.45, 2.75) is 57.4 Å². The summed E-state index contributed by atoms with van der Waals surface area (Å²) >= 11 is 0. The first-order chi connectivity index (χ1) is 8.43. The maximum Gasteiger partial charge on any atom is 0.0110 e. The molecule has 2 aliphatic carbocycles. The van der Waals surface area contributed by atoms with E-state index in [9.17, 15) is 0 Å². The lowest BCUT2D eigenvalue weighted by molar-refractivity contribution is 0.146. The van der Waals surface area contributed by atoms with Crippen molar-refractivity contribution in [3.05, 3.63) is 0 Å². The molecule has 0 aromatic heterocycles. The van der Waals surface area contributed by atoms with E-state index in [1.807, 2.05) is 0 Å². The Morgan fingerprint density at radius 1 is 0.765 bits per heavy atom. The first-order valence-corrected chi connectivity index (χ1v) is 7.88. The Kier molecular flexibility index (Phi) is 4.02. The number of fused-ring (bicyclic) bond motifs is 1. The molecule has 0 aromatic rings. The highest BCUT2D eigenvalue weighted by Gasteiger charge is 2.39. The quantitative estimate of drug-likeness (QED) is 0.753. The van der Waals surface area contributed by atoms with Gasteiger partial charge in [-0.1, -0.05) is 32.1 Å². The van der Waals surface area contributed by atoms with Crippen LogP contribution in [0, 0.1) is 11.8 Å². The van der Waals surface area contributed by atoms with Gasteiger partial charge in [0.25, 0.3) is 0 Å². The lowest BCUT2D eigenvalue weighted by Gasteiger charge is -2.35. The van der Waals surface area contributed by atoms with Gasteiger partial charge in [0, 0.05) is 32.2 Å². The van der Waals surface area contributed by atoms with E-state index in [1.165, 1.54) is 64.7 Å². The Labute approximate surface area is 106 Å². The summed E-state index contributed by atoms with van der Waals surface area (Å²) in [6, 6.07) is 0.921. The molecule has 2 saturated carbocycles. The van der Waals surface area contributed by atoms with E-state index >= 15 is 0 Å². The van der Waals surface area contributed by atoms with Crippen molar-refractivity contribution >= 4 is 0 Å². The van der Waals surface area contributed by atoms with Gasteiger partial charge in [0.2, 0.25) is 0 Å². The van der Waals surface area contributed by atoms with Gasteiger partial charge in [-0.25, -0.2) is 0 Å². The fraction of sp³-hybridized carbons (Fsp3) is 1.00. The Balaban J connectivity index is 1.56. The molecule has 2 nitrogen and oxygen atoms in total. The molecular weight excluding hydrogens is 208 g/mol. The van der Waals surface area contributed by atoms with Gasteiger partial charge >= 0.3 is 0 Å². The van der Waals surface area contributed by atoms with Gasteiger partial charge in [-0.15, -0.1) is 0 Å². The third-order valence-corrected chi connectivity index (χ3v) is 5.17. The van der Waals surface area contributed by atoms with Gasteiger partial charge in [0.05, 0.1) is 0 Å². The van der Waals surface area contributed by atoms with Gasteiger partial charge < -0.3 is 5.32 Å². The molecule has 2 heteroatoms. The molecule has 0 amide bonds. The van der Waals surface area contributed by atoms with Crippen molar-refractivity contribution in [3.8, 4) is 0 Å². The number of nitrogens with one attached hydrogen (secondary N) is 1. The number of piperazine rings is 1. The van der Waals surface area contributed by atoms with Crippen LogP contribution >= 0.6 is 0 Å². The second kappa shape index (κ2) is 5.71. The van der Waals surface area contributed by atoms with Crippen LogP contribution in [0.15, 0.2) is 0 Å². The van der Waals surface area contributed by atoms with E-state index in [-0.39, 0.29) is 0 Å². The fourth-order valence-electron chi connectivity index (χ4n) is 3.94. The van der Waals surface area contributed by atoms with Crippen molar-refractivity contribution in [1.82, 2.24) is 10.2 Å². The summed E-state index contributed by atoms with van der Waals surface area (Å²) in [5, 5.41) is 3.48. The summed E-state index contributed by atoms with van der Waals surface area (Å²) in [5.74, 6) is 2.23. The Hall–Kier alpha value is -0.0800. The summed E-state index contributed by atoms with van der Waals surface area (Å²) in [4.78, 5) is 2.79. The van der Waals surface area contributed by atoms with Crippen LogP contribution in [0.2, 0.25) is 0 Å². The van der Waals surface area contributed by atoms with Crippen LogP contribution in [0.4, 0.5) is 0 Å². The molecule has 98 valence electrons. The number of hydrogen-bond acceptors (Lipinski definition) is 2. The van der Waals surface area contributed by atoms with Crippen LogP contribution in [0.1, 0.15) is 51.4 Å². The SMILES string of the molecule is C1CCCC(N2CCNCC2)CC2CC2CC1. The third-order valence-electron chi connectivity index (χ3n) is 5.17. The molecule has 3 fully saturated rings. The Bertz CT molecular complexity index is 235. The molecule has 0 spiro atoms. The van der Waals surface area contributed by atoms with E-state index in [0.29, 0.717) is 0 Å². The van der Waals surface area contributed by atoms with Crippen molar-refractivity contribution in [1.29, 1.82) is 0 Å². The van der Waals surface area contributed by atoms with Crippen LogP contribution < -0.4 is 5.32 Å². The Morgan fingerprint density at radius 2 is 1.53 bits per heavy atom. The van der Waals surface area contributed by atoms with Gasteiger partial charge in [-0.05, 0) is 31.1 Å². The molecule has 17 heavy (non-hydrogen) atoms. The molecule has 1 saturated heterocycles. The molecule has 0 aromatic carbocycles. The second-order valence-corrected chi connectivity index (χ2v) is 6.42. The molecule has 0 radical (unpaired) electrons. The van der Waals surface area contributed by atoms with Crippen molar-refractivity contribution in [2.75, 3.05) is 26.2 Å². The van der Waals surface area contributed by atoms with Crippen LogP contribution in [-0.2, 0) is 0 Å². The summed E-state index contributed by atoms with van der Waals surface area (Å²) < 4.78 is 0. The topological polar surface area (TPSA) is 15.3 Å². The molecule has 1 aliphatic heterocycles. The van der Waals surface area contributed by atoms with Crippen LogP contribution in [0.3, 0.4) is 0 Å². The highest BCUT2D eigenvalue weighted by atomic mass is 15.2. The van der Waals surface area contributed by atoms with Crippen LogP contribution in [0.5, 0.6) is 0 Å². The summed E-state index contributed by atoms with van der Waals surface area (Å²) in [5.41, 5.74) is 0. The highest BCUT2D eigenvalue weighted by Crippen LogP contribution is 2.47. The predicted molar refractivity (Wildman–Crippen MR) is 72.1 cm³/mol. The smallest absolute Gasteiger partial charge is 0.0110 e. The molecule has 0 bridgehead atoms. The molecule has 3 unspecified atom stereocenters. The molecular formula is C15H28N2. The van der Waals surface area contributed by atoms with Crippen LogP contribution in [-0.4, -0.2) is 37.1 Å². The average Bonchev–Trinajstić information content (AvgIpc) is 3.13. The van der Waals surface area contributed by atoms with Crippen molar-refractivity contribution < 1.29 is 0 Å². The highest BCUT2D eigenvalue weighted by molar-refractivity contribution is 4.91. The fourth-order valence-corrected chi connectivity index (χ4v) is 3.94. The largest absolute Gasteiger partial charge is 0.314 e. The van der Waals surface area contributed by atoms with Crippen LogP contribution in [0.25, 0.3) is 0 Å². The zero-order valence-electron chi connectivity index (χ0n) is 11.2. The monoisotopic (exact) mass is 236 g/mol. The van der Waals surface area contributed by atoms with E-state index in [4.69, 9.17) is 0 Å². The maximum atomic E-state index is 3.48. The minimum absolute atomic E-state index is 0.921. The standard InChI is InChI=1S/C15H28N2/c1-2-4-6-15(17-9-7-16-8-10-17)12-14-11-13(14)5-3-1/h13-16H,1-12H2. The first kappa shape index (κ1) is 12.0. The van der Waals surface area contributed by atoms with Gasteiger partial charge in [0.15, 0.2) is 0 Å². The van der Waals surface area contributed by atoms with Gasteiger partial charge in [-0.3, -0.25) is 4.90 Å². The normalized spacial score (nSPS) is 40.6. The minimum Gasteiger partial charge on any atom is -0.314 e. The third kappa shape index (κ3) is 3.23. The maximum absolute atomic E-state index is 3.48. The Morgan fingerprint density at radius 3 is 2.35 bits per heavy atom. The number of rotatable bonds is 1. The average molecular weight is 236 g/mol. The number of nitrogens with zero attached hydrogens (tertiary/aromatic N) is 1. The van der Waals surface area contributed by atoms with Gasteiger partial charge in [-0.2, -0.15) is 0 Å². The van der Waals surface area contributed by atoms with Gasteiger partial charge in [0.1, 0.15) is 0 Å². The number of hydrogen-bond donors (Lipinski definition) is 1.